The molecule has 1 aromatic carbocycles. The van der Waals surface area contributed by atoms with Crippen LogP contribution in [0.25, 0.3) is 33.2 Å². The third-order valence-electron chi connectivity index (χ3n) is 5.36. The van der Waals surface area contributed by atoms with Crippen LogP contribution >= 0.6 is 0 Å². The first-order chi connectivity index (χ1) is 13.6. The predicted molar refractivity (Wildman–Crippen MR) is 106 cm³/mol. The second kappa shape index (κ2) is 6.42. The zero-order valence-electron chi connectivity index (χ0n) is 15.5. The van der Waals surface area contributed by atoms with Gasteiger partial charge in [-0.25, -0.2) is 9.97 Å². The van der Waals surface area contributed by atoms with Crippen molar-refractivity contribution in [3.63, 3.8) is 0 Å². The normalized spacial score (nSPS) is 15.5. The summed E-state index contributed by atoms with van der Waals surface area (Å²) in [5, 5.41) is 19.4. The number of nitrogens with zero attached hydrogens (tertiary/aromatic N) is 5. The molecule has 28 heavy (non-hydrogen) atoms. The number of piperidine rings is 1. The summed E-state index contributed by atoms with van der Waals surface area (Å²) >= 11 is 0. The Kier molecular flexibility index (Phi) is 3.87. The van der Waals surface area contributed by atoms with Crippen LogP contribution < -0.4 is 10.9 Å². The second-order valence-corrected chi connectivity index (χ2v) is 7.23. The Hall–Kier alpha value is -3.26. The van der Waals surface area contributed by atoms with Gasteiger partial charge in [-0.2, -0.15) is 5.10 Å². The number of phenols is 1. The number of pyridine rings is 1. The lowest BCUT2D eigenvalue weighted by Gasteiger charge is -2.24. The van der Waals surface area contributed by atoms with Crippen molar-refractivity contribution in [2.24, 2.45) is 7.05 Å². The molecule has 1 fully saturated rings. The molecular formula is C20H20N6O2. The van der Waals surface area contributed by atoms with Gasteiger partial charge in [0.1, 0.15) is 5.75 Å². The molecule has 4 aromatic rings. The van der Waals surface area contributed by atoms with E-state index in [0.29, 0.717) is 27.8 Å². The summed E-state index contributed by atoms with van der Waals surface area (Å²) in [5.41, 5.74) is 1.73. The first-order valence-electron chi connectivity index (χ1n) is 9.35. The molecule has 4 heterocycles. The molecule has 3 aromatic heterocycles. The molecule has 0 atom stereocenters. The van der Waals surface area contributed by atoms with Crippen LogP contribution in [0.4, 0.5) is 0 Å². The third kappa shape index (κ3) is 2.73. The van der Waals surface area contributed by atoms with E-state index in [1.807, 2.05) is 31.6 Å². The van der Waals surface area contributed by atoms with Crippen LogP contribution in [-0.4, -0.2) is 42.5 Å². The Labute approximate surface area is 160 Å². The van der Waals surface area contributed by atoms with Crippen LogP contribution in [0.2, 0.25) is 0 Å². The van der Waals surface area contributed by atoms with Crippen molar-refractivity contribution in [3.05, 3.63) is 47.1 Å². The highest BCUT2D eigenvalue weighted by Crippen LogP contribution is 2.31. The number of rotatable bonds is 2. The fraction of sp³-hybridized carbons (Fsp3) is 0.300. The highest BCUT2D eigenvalue weighted by molar-refractivity contribution is 5.87. The monoisotopic (exact) mass is 376 g/mol. The number of fused-ring (bicyclic) bond motifs is 2. The highest BCUT2D eigenvalue weighted by atomic mass is 16.3. The summed E-state index contributed by atoms with van der Waals surface area (Å²) in [6, 6.07) is 5.47. The standard InChI is InChI=1S/C20H20N6O2/c1-25-11-12-8-14(18(27)9-17(12)24-25)19-22-10-15-16(23-19)4-7-26(20(15)28)13-2-5-21-6-3-13/h4,7-11,13,21,27H,2-3,5-6H2,1H3. The first kappa shape index (κ1) is 16.9. The Balaban J connectivity index is 1.60. The van der Waals surface area contributed by atoms with E-state index in [-0.39, 0.29) is 17.4 Å². The lowest BCUT2D eigenvalue weighted by molar-refractivity contribution is 0.362. The molecule has 0 amide bonds. The van der Waals surface area contributed by atoms with Crippen molar-refractivity contribution in [2.75, 3.05) is 13.1 Å². The van der Waals surface area contributed by atoms with Crippen LogP contribution in [0.3, 0.4) is 0 Å². The SMILES string of the molecule is Cn1cc2cc(-c3ncc4c(=O)n(C5CCNCC5)ccc4n3)c(O)cc2n1. The second-order valence-electron chi connectivity index (χ2n) is 7.23. The number of aryl methyl sites for hydroxylation is 1. The highest BCUT2D eigenvalue weighted by Gasteiger charge is 2.18. The van der Waals surface area contributed by atoms with E-state index in [0.717, 1.165) is 31.3 Å². The van der Waals surface area contributed by atoms with Crippen LogP contribution in [-0.2, 0) is 7.05 Å². The van der Waals surface area contributed by atoms with Gasteiger partial charge in [0.2, 0.25) is 0 Å². The van der Waals surface area contributed by atoms with Crippen molar-refractivity contribution in [1.29, 1.82) is 0 Å². The zero-order chi connectivity index (χ0) is 19.3. The van der Waals surface area contributed by atoms with Gasteiger partial charge >= 0.3 is 0 Å². The fourth-order valence-corrected chi connectivity index (χ4v) is 3.91. The summed E-state index contributed by atoms with van der Waals surface area (Å²) in [6.45, 7) is 1.83. The van der Waals surface area contributed by atoms with Gasteiger partial charge in [0.05, 0.1) is 22.0 Å². The number of aromatic nitrogens is 5. The van der Waals surface area contributed by atoms with Crippen LogP contribution in [0.5, 0.6) is 5.75 Å². The number of hydrogen-bond donors (Lipinski definition) is 2. The van der Waals surface area contributed by atoms with Gasteiger partial charge in [-0.1, -0.05) is 0 Å². The van der Waals surface area contributed by atoms with Gasteiger partial charge < -0.3 is 15.0 Å². The molecule has 0 spiro atoms. The Morgan fingerprint density at radius 3 is 2.86 bits per heavy atom. The molecule has 8 heteroatoms. The summed E-state index contributed by atoms with van der Waals surface area (Å²) in [5.74, 6) is 0.448. The average Bonchev–Trinajstić information content (AvgIpc) is 3.07. The largest absolute Gasteiger partial charge is 0.507 e. The minimum Gasteiger partial charge on any atom is -0.507 e. The van der Waals surface area contributed by atoms with Crippen molar-refractivity contribution in [1.82, 2.24) is 29.6 Å². The van der Waals surface area contributed by atoms with Gasteiger partial charge in [-0.15, -0.1) is 0 Å². The van der Waals surface area contributed by atoms with Crippen LogP contribution in [0.15, 0.2) is 41.6 Å². The summed E-state index contributed by atoms with van der Waals surface area (Å²) in [4.78, 5) is 21.8. The van der Waals surface area contributed by atoms with Crippen LogP contribution in [0.1, 0.15) is 18.9 Å². The number of benzene rings is 1. The molecule has 1 aliphatic heterocycles. The van der Waals surface area contributed by atoms with E-state index < -0.39 is 0 Å². The molecule has 0 aliphatic carbocycles. The van der Waals surface area contributed by atoms with Gasteiger partial charge in [-0.05, 0) is 38.1 Å². The van der Waals surface area contributed by atoms with Gasteiger partial charge in [0.15, 0.2) is 5.82 Å². The molecular weight excluding hydrogens is 356 g/mol. The number of nitrogens with one attached hydrogen (secondary N) is 1. The van der Waals surface area contributed by atoms with E-state index in [2.05, 4.69) is 20.4 Å². The molecule has 0 unspecified atom stereocenters. The minimum atomic E-state index is -0.0668. The lowest BCUT2D eigenvalue weighted by Crippen LogP contribution is -2.34. The maximum Gasteiger partial charge on any atom is 0.261 e. The first-order valence-corrected chi connectivity index (χ1v) is 9.35. The average molecular weight is 376 g/mol. The fourth-order valence-electron chi connectivity index (χ4n) is 3.91. The van der Waals surface area contributed by atoms with E-state index in [9.17, 15) is 9.90 Å². The Morgan fingerprint density at radius 2 is 2.04 bits per heavy atom. The number of hydrogen-bond acceptors (Lipinski definition) is 6. The summed E-state index contributed by atoms with van der Waals surface area (Å²) in [7, 11) is 1.83. The molecule has 8 nitrogen and oxygen atoms in total. The van der Waals surface area contributed by atoms with E-state index in [1.54, 1.807) is 21.5 Å². The zero-order valence-corrected chi connectivity index (χ0v) is 15.5. The molecule has 0 radical (unpaired) electrons. The molecule has 1 saturated heterocycles. The van der Waals surface area contributed by atoms with Crippen LogP contribution in [0, 0.1) is 0 Å². The minimum absolute atomic E-state index is 0.0635. The topological polar surface area (TPSA) is 97.9 Å². The molecule has 0 bridgehead atoms. The van der Waals surface area contributed by atoms with Crippen molar-refractivity contribution >= 4 is 21.8 Å². The predicted octanol–water partition coefficient (Wildman–Crippen LogP) is 1.98. The third-order valence-corrected chi connectivity index (χ3v) is 5.36. The molecule has 5 rings (SSSR count). The van der Waals surface area contributed by atoms with Gasteiger partial charge in [0, 0.05) is 43.1 Å². The smallest absolute Gasteiger partial charge is 0.261 e. The van der Waals surface area contributed by atoms with Gasteiger partial charge in [-0.3, -0.25) is 9.48 Å². The Morgan fingerprint density at radius 1 is 1.21 bits per heavy atom. The molecule has 142 valence electrons. The van der Waals surface area contributed by atoms with E-state index in [1.165, 1.54) is 0 Å². The van der Waals surface area contributed by atoms with Crippen molar-refractivity contribution < 1.29 is 5.11 Å². The van der Waals surface area contributed by atoms with Crippen molar-refractivity contribution in [2.45, 2.75) is 18.9 Å². The summed E-state index contributed by atoms with van der Waals surface area (Å²) < 4.78 is 3.49. The van der Waals surface area contributed by atoms with Crippen molar-refractivity contribution in [3.8, 4) is 17.1 Å². The molecule has 0 saturated carbocycles. The maximum atomic E-state index is 12.9. The van der Waals surface area contributed by atoms with E-state index in [4.69, 9.17) is 0 Å². The lowest BCUT2D eigenvalue weighted by atomic mass is 10.1. The molecule has 1 aliphatic rings. The number of aromatic hydroxyl groups is 1. The van der Waals surface area contributed by atoms with E-state index >= 15 is 0 Å². The summed E-state index contributed by atoms with van der Waals surface area (Å²) in [6.07, 6.45) is 7.12. The number of phenolic OH excluding ortho intramolecular Hbond substituents is 1. The van der Waals surface area contributed by atoms with Gasteiger partial charge in [0.25, 0.3) is 5.56 Å². The maximum absolute atomic E-state index is 12.9. The Bertz CT molecular complexity index is 1250. The molecule has 2 N–H and O–H groups in total. The quantitative estimate of drug-likeness (QED) is 0.555.